The number of thiophene rings is 1. The molecule has 1 aromatic carbocycles. The number of rotatable bonds is 6. The topological polar surface area (TPSA) is 68.2 Å². The monoisotopic (exact) mass is 342 g/mol. The molecule has 0 saturated carbocycles. The first-order valence-corrected chi connectivity index (χ1v) is 8.41. The lowest BCUT2D eigenvalue weighted by Gasteiger charge is -2.18. The first-order valence-electron chi connectivity index (χ1n) is 7.47. The third-order valence-corrected chi connectivity index (χ3v) is 4.28. The maximum Gasteiger partial charge on any atom is 0.319 e. The van der Waals surface area contributed by atoms with E-state index in [1.807, 2.05) is 40.5 Å². The Morgan fingerprint density at radius 1 is 1.33 bits per heavy atom. The number of ether oxygens (including phenoxy) is 1. The second-order valence-corrected chi connectivity index (χ2v) is 5.87. The van der Waals surface area contributed by atoms with E-state index in [0.717, 1.165) is 5.56 Å². The van der Waals surface area contributed by atoms with Crippen LogP contribution in [0.15, 0.2) is 59.6 Å². The number of urea groups is 1. The number of carbonyl (C=O) groups excluding carboxylic acids is 1. The molecule has 124 valence electrons. The van der Waals surface area contributed by atoms with Crippen molar-refractivity contribution in [3.63, 3.8) is 0 Å². The van der Waals surface area contributed by atoms with Crippen LogP contribution in [-0.4, -0.2) is 29.5 Å². The van der Waals surface area contributed by atoms with Crippen molar-refractivity contribution in [2.24, 2.45) is 0 Å². The average Bonchev–Trinajstić information content (AvgIpc) is 3.30. The lowest BCUT2D eigenvalue weighted by Crippen LogP contribution is -2.34. The molecule has 24 heavy (non-hydrogen) atoms. The van der Waals surface area contributed by atoms with Gasteiger partial charge in [0.1, 0.15) is 5.75 Å². The van der Waals surface area contributed by atoms with E-state index in [9.17, 15) is 4.79 Å². The van der Waals surface area contributed by atoms with E-state index in [-0.39, 0.29) is 12.1 Å². The molecular formula is C17H18N4O2S. The molecule has 3 aromatic rings. The fraction of sp³-hybridized carbons (Fsp3) is 0.176. The molecule has 0 bridgehead atoms. The Morgan fingerprint density at radius 3 is 2.92 bits per heavy atom. The van der Waals surface area contributed by atoms with Gasteiger partial charge >= 0.3 is 6.03 Å². The van der Waals surface area contributed by atoms with E-state index < -0.39 is 0 Å². The van der Waals surface area contributed by atoms with Gasteiger partial charge < -0.3 is 15.4 Å². The van der Waals surface area contributed by atoms with E-state index in [1.54, 1.807) is 36.8 Å². The van der Waals surface area contributed by atoms with Gasteiger partial charge in [-0.05, 0) is 40.6 Å². The number of nitrogens with zero attached hydrogens (tertiary/aromatic N) is 2. The van der Waals surface area contributed by atoms with E-state index in [1.165, 1.54) is 0 Å². The first-order chi connectivity index (χ1) is 11.8. The van der Waals surface area contributed by atoms with Crippen LogP contribution < -0.4 is 15.4 Å². The first kappa shape index (κ1) is 16.1. The van der Waals surface area contributed by atoms with Gasteiger partial charge in [0, 0.05) is 18.9 Å². The van der Waals surface area contributed by atoms with Crippen LogP contribution >= 0.6 is 11.3 Å². The molecule has 0 aliphatic heterocycles. The van der Waals surface area contributed by atoms with Gasteiger partial charge in [0.05, 0.1) is 18.8 Å². The molecule has 2 amide bonds. The van der Waals surface area contributed by atoms with Crippen LogP contribution in [0.4, 0.5) is 10.5 Å². The molecular weight excluding hydrogens is 324 g/mol. The van der Waals surface area contributed by atoms with Gasteiger partial charge in [-0.1, -0.05) is 12.1 Å². The Balaban J connectivity index is 1.65. The van der Waals surface area contributed by atoms with E-state index in [2.05, 4.69) is 21.1 Å². The molecule has 0 aliphatic carbocycles. The van der Waals surface area contributed by atoms with Crippen molar-refractivity contribution >= 4 is 23.1 Å². The highest BCUT2D eigenvalue weighted by atomic mass is 32.1. The van der Waals surface area contributed by atoms with E-state index >= 15 is 0 Å². The molecule has 2 aromatic heterocycles. The number of para-hydroxylation sites is 2. The zero-order chi connectivity index (χ0) is 16.8. The summed E-state index contributed by atoms with van der Waals surface area (Å²) in [6, 6.07) is 10.9. The molecule has 0 radical (unpaired) electrons. The molecule has 0 aliphatic rings. The highest BCUT2D eigenvalue weighted by Crippen LogP contribution is 2.23. The highest BCUT2D eigenvalue weighted by molar-refractivity contribution is 7.07. The summed E-state index contributed by atoms with van der Waals surface area (Å²) < 4.78 is 7.07. The SMILES string of the molecule is COc1ccccc1NC(=O)NC[C@@H](c1ccsc1)n1cccn1. The standard InChI is InChI=1S/C17H18N4O2S/c1-23-16-6-3-2-5-14(16)20-17(22)18-11-15(13-7-10-24-12-13)21-9-4-8-19-21/h2-10,12,15H,11H2,1H3,(H2,18,20,22)/t15-/m0/s1. The fourth-order valence-electron chi connectivity index (χ4n) is 2.40. The van der Waals surface area contributed by atoms with Crippen LogP contribution in [0.25, 0.3) is 0 Å². The van der Waals surface area contributed by atoms with Crippen molar-refractivity contribution in [3.05, 3.63) is 65.1 Å². The number of amides is 2. The summed E-state index contributed by atoms with van der Waals surface area (Å²) in [6.45, 7) is 0.430. The van der Waals surface area contributed by atoms with Gasteiger partial charge in [0.15, 0.2) is 0 Å². The van der Waals surface area contributed by atoms with Crippen LogP contribution in [0.2, 0.25) is 0 Å². The van der Waals surface area contributed by atoms with Crippen LogP contribution in [0.3, 0.4) is 0 Å². The minimum atomic E-state index is -0.285. The zero-order valence-electron chi connectivity index (χ0n) is 13.2. The molecule has 0 fully saturated rings. The number of hydrogen-bond donors (Lipinski definition) is 2. The minimum absolute atomic E-state index is 0.0466. The van der Waals surface area contributed by atoms with Crippen molar-refractivity contribution in [1.82, 2.24) is 15.1 Å². The Labute approximate surface area is 144 Å². The summed E-state index contributed by atoms with van der Waals surface area (Å²) in [7, 11) is 1.57. The molecule has 6 nitrogen and oxygen atoms in total. The molecule has 7 heteroatoms. The van der Waals surface area contributed by atoms with Gasteiger partial charge in [-0.2, -0.15) is 16.4 Å². The number of hydrogen-bond acceptors (Lipinski definition) is 4. The van der Waals surface area contributed by atoms with Crippen LogP contribution in [0.1, 0.15) is 11.6 Å². The predicted octanol–water partition coefficient (Wildman–Crippen LogP) is 3.36. The predicted molar refractivity (Wildman–Crippen MR) is 94.7 cm³/mol. The summed E-state index contributed by atoms with van der Waals surface area (Å²) in [5, 5.41) is 14.1. The maximum absolute atomic E-state index is 12.2. The van der Waals surface area contributed by atoms with Crippen molar-refractivity contribution < 1.29 is 9.53 Å². The number of methoxy groups -OCH3 is 1. The lowest BCUT2D eigenvalue weighted by molar-refractivity contribution is 0.250. The van der Waals surface area contributed by atoms with Gasteiger partial charge in [0.2, 0.25) is 0 Å². The number of aromatic nitrogens is 2. The largest absolute Gasteiger partial charge is 0.495 e. The fourth-order valence-corrected chi connectivity index (χ4v) is 3.10. The van der Waals surface area contributed by atoms with Crippen molar-refractivity contribution in [2.45, 2.75) is 6.04 Å². The second-order valence-electron chi connectivity index (χ2n) is 5.09. The molecule has 0 spiro atoms. The minimum Gasteiger partial charge on any atom is -0.495 e. The Hall–Kier alpha value is -2.80. The second kappa shape index (κ2) is 7.65. The quantitative estimate of drug-likeness (QED) is 0.722. The smallest absolute Gasteiger partial charge is 0.319 e. The zero-order valence-corrected chi connectivity index (χ0v) is 14.0. The van der Waals surface area contributed by atoms with Gasteiger partial charge in [-0.25, -0.2) is 4.79 Å². The van der Waals surface area contributed by atoms with E-state index in [4.69, 9.17) is 4.74 Å². The van der Waals surface area contributed by atoms with Crippen molar-refractivity contribution in [2.75, 3.05) is 19.0 Å². The van der Waals surface area contributed by atoms with Crippen LogP contribution in [0.5, 0.6) is 5.75 Å². The van der Waals surface area contributed by atoms with Gasteiger partial charge in [-0.3, -0.25) is 4.68 Å². The number of nitrogens with one attached hydrogen (secondary N) is 2. The highest BCUT2D eigenvalue weighted by Gasteiger charge is 2.16. The molecule has 3 rings (SSSR count). The van der Waals surface area contributed by atoms with Crippen molar-refractivity contribution in [3.8, 4) is 5.75 Å². The summed E-state index contributed by atoms with van der Waals surface area (Å²) in [6.07, 6.45) is 3.62. The van der Waals surface area contributed by atoms with Crippen LogP contribution in [0, 0.1) is 0 Å². The number of benzene rings is 1. The normalized spacial score (nSPS) is 11.7. The van der Waals surface area contributed by atoms with Crippen molar-refractivity contribution in [1.29, 1.82) is 0 Å². The van der Waals surface area contributed by atoms with Gasteiger partial charge in [-0.15, -0.1) is 0 Å². The number of carbonyl (C=O) groups is 1. The third-order valence-electron chi connectivity index (χ3n) is 3.58. The number of anilines is 1. The molecule has 0 saturated heterocycles. The summed E-state index contributed by atoms with van der Waals surface area (Å²) in [5.74, 6) is 0.620. The Kier molecular flexibility index (Phi) is 5.12. The van der Waals surface area contributed by atoms with Crippen LogP contribution in [-0.2, 0) is 0 Å². The summed E-state index contributed by atoms with van der Waals surface area (Å²) in [5.41, 5.74) is 1.74. The maximum atomic E-state index is 12.2. The molecule has 0 unspecified atom stereocenters. The Morgan fingerprint density at radius 2 is 2.21 bits per heavy atom. The third kappa shape index (κ3) is 3.75. The molecule has 2 N–H and O–H groups in total. The van der Waals surface area contributed by atoms with Gasteiger partial charge in [0.25, 0.3) is 0 Å². The molecule has 1 atom stereocenters. The Bertz CT molecular complexity index is 738. The summed E-state index contributed by atoms with van der Waals surface area (Å²) >= 11 is 1.62. The van der Waals surface area contributed by atoms with E-state index in [0.29, 0.717) is 18.0 Å². The molecule has 2 heterocycles. The summed E-state index contributed by atoms with van der Waals surface area (Å²) in [4.78, 5) is 12.2. The lowest BCUT2D eigenvalue weighted by atomic mass is 10.1. The average molecular weight is 342 g/mol.